The van der Waals surface area contributed by atoms with Gasteiger partial charge in [-0.15, -0.1) is 0 Å². The predicted octanol–water partition coefficient (Wildman–Crippen LogP) is 16.9. The molecule has 0 saturated heterocycles. The van der Waals surface area contributed by atoms with Crippen LogP contribution >= 0.6 is 69.6 Å². The number of hydrogen-bond acceptors (Lipinski definition) is 27. The summed E-state index contributed by atoms with van der Waals surface area (Å²) in [5.41, 5.74) is 6.81. The zero-order valence-electron chi connectivity index (χ0n) is 67.0. The number of nitrogens with zero attached hydrogens (tertiary/aromatic N) is 5. The van der Waals surface area contributed by atoms with Crippen LogP contribution in [0, 0.1) is 64.4 Å². The topological polar surface area (TPSA) is 450 Å². The van der Waals surface area contributed by atoms with Crippen molar-refractivity contribution in [3.8, 4) is 57.5 Å². The molecular formula is C89H77Cl6N5O27. The fourth-order valence-electron chi connectivity index (χ4n) is 15.2. The molecule has 6 aliphatic rings. The second-order valence-corrected chi connectivity index (χ2v) is 33.0. The van der Waals surface area contributed by atoms with Gasteiger partial charge in [0.1, 0.15) is 41.1 Å². The second kappa shape index (κ2) is 38.2. The second-order valence-electron chi connectivity index (χ2n) is 29.6. The summed E-state index contributed by atoms with van der Waals surface area (Å²) in [4.78, 5) is 43.7. The number of benzene rings is 11. The molecule has 0 fully saturated rings. The van der Waals surface area contributed by atoms with Crippen molar-refractivity contribution in [3.63, 3.8) is 0 Å². The van der Waals surface area contributed by atoms with Crippen LogP contribution in [-0.2, 0) is 19.8 Å². The summed E-state index contributed by atoms with van der Waals surface area (Å²) in [6, 6.07) is 66.9. The van der Waals surface area contributed by atoms with E-state index in [1.54, 1.807) is 183 Å². The van der Waals surface area contributed by atoms with Gasteiger partial charge in [0.05, 0.1) is 52.0 Å². The highest BCUT2D eigenvalue weighted by atomic mass is 35.5. The van der Waals surface area contributed by atoms with Crippen LogP contribution in [0.25, 0.3) is 0 Å². The molecule has 11 aromatic carbocycles. The molecule has 0 unspecified atom stereocenters. The van der Waals surface area contributed by atoms with Gasteiger partial charge in [-0.25, -0.2) is 0 Å². The van der Waals surface area contributed by atoms with Crippen molar-refractivity contribution in [2.75, 3.05) is 21.0 Å². The van der Waals surface area contributed by atoms with Crippen molar-refractivity contribution in [2.45, 2.75) is 120 Å². The molecular weight excluding hydrogens is 1780 g/mol. The van der Waals surface area contributed by atoms with E-state index in [0.29, 0.717) is 89.6 Å². The number of hydrogen-bond donors (Lipinski definition) is 7. The maximum Gasteiger partial charge on any atom is 0.364 e. The number of fused-ring (bicyclic) bond motifs is 6. The molecule has 0 spiro atoms. The Morgan fingerprint density at radius 1 is 0.362 bits per heavy atom. The number of aliphatic hydroxyl groups excluding tert-OH is 7. The lowest BCUT2D eigenvalue weighted by atomic mass is 9.88. The third-order valence-electron chi connectivity index (χ3n) is 21.8. The van der Waals surface area contributed by atoms with E-state index in [0.717, 1.165) is 16.7 Å². The number of methoxy groups -OCH3 is 2. The number of ether oxygens (including phenoxy) is 10. The largest absolute Gasteiger partial charge is 0.496 e. The van der Waals surface area contributed by atoms with Gasteiger partial charge in [-0.3, -0.25) is 50.6 Å². The van der Waals surface area contributed by atoms with E-state index in [9.17, 15) is 86.3 Å². The minimum atomic E-state index is -2.50. The van der Waals surface area contributed by atoms with E-state index >= 15 is 0 Å². The summed E-state index contributed by atoms with van der Waals surface area (Å²) in [6.07, 6.45) is -13.8. The lowest BCUT2D eigenvalue weighted by Gasteiger charge is -2.37. The zero-order valence-corrected chi connectivity index (χ0v) is 71.5. The van der Waals surface area contributed by atoms with Gasteiger partial charge in [0.2, 0.25) is 37.3 Å². The van der Waals surface area contributed by atoms with E-state index in [-0.39, 0.29) is 59.7 Å². The van der Waals surface area contributed by atoms with Gasteiger partial charge < -0.3 is 83.1 Å². The van der Waals surface area contributed by atoms with Gasteiger partial charge in [0.25, 0.3) is 0 Å². The van der Waals surface area contributed by atoms with E-state index in [1.807, 2.05) is 50.2 Å². The first-order valence-electron chi connectivity index (χ1n) is 38.5. The molecule has 38 heteroatoms. The monoisotopic (exact) mass is 1860 g/mol. The molecule has 0 aromatic heterocycles. The van der Waals surface area contributed by atoms with Crippen molar-refractivity contribution in [2.24, 2.45) is 0 Å². The summed E-state index contributed by atoms with van der Waals surface area (Å²) < 4.78 is 56.4. The van der Waals surface area contributed by atoms with E-state index in [1.165, 1.54) is 37.4 Å². The first kappa shape index (κ1) is 92.5. The number of aryl methyl sites for hydroxylation is 2. The molecule has 0 aliphatic carbocycles. The summed E-state index contributed by atoms with van der Waals surface area (Å²) in [5, 5.41) is 132. The molecule has 0 saturated carbocycles. The van der Waals surface area contributed by atoms with Crippen LogP contribution < -0.4 is 47.4 Å². The first-order chi connectivity index (χ1) is 60.6. The molecule has 17 rings (SSSR count). The molecule has 662 valence electrons. The van der Waals surface area contributed by atoms with Gasteiger partial charge in [0.15, 0.2) is 53.5 Å². The van der Waals surface area contributed by atoms with Crippen LogP contribution in [0.2, 0.25) is 5.02 Å². The summed E-state index contributed by atoms with van der Waals surface area (Å²) in [7, 11) is 2.95. The van der Waals surface area contributed by atoms with Crippen LogP contribution in [-0.4, -0.2) is 106 Å². The normalized spacial score (nSPS) is 25.1. The van der Waals surface area contributed by atoms with E-state index in [4.69, 9.17) is 117 Å². The molecule has 0 radical (unpaired) electrons. The van der Waals surface area contributed by atoms with Crippen LogP contribution in [0.4, 0.5) is 0 Å². The van der Waals surface area contributed by atoms with Crippen molar-refractivity contribution < 1.29 is 108 Å². The van der Waals surface area contributed by atoms with Crippen LogP contribution in [0.1, 0.15) is 144 Å². The Morgan fingerprint density at radius 3 is 1.20 bits per heavy atom. The third-order valence-corrected chi connectivity index (χ3v) is 24.8. The number of aliphatic hydroxyl groups is 7. The minimum absolute atomic E-state index is 0.0273. The quantitative estimate of drug-likeness (QED) is 0.0193. The third kappa shape index (κ3) is 17.7. The SMILES string of the molecule is COc1cc([C@@H]2Oc3cc4c(cc3[C@H](O)[C@@]2(Cl)[N+](=O)[O-])OCO4)cc(CO)c1OCc1ccccc1.COc1ccc([C@@H]2Oc3ccccc3[C@H](O)[C@@]2(Cl)[N+](=O)[O-])cc1C.Cc1cccc([C@@H]2Oc3ccccc3[C@H](O)[C@@]2(Cl)[N+](=O)[O-])c1.O=[N+]([O-])[C@]1(Cl)[C@@H](O)c2cc(CO)ccc2O[C@H]1c1ccc(Cl)cc1.O=[N+]([O-])[C@]1(Cl)[C@@H](O)c2ccccc2O[C@H]1c1ccccc1. The number of halogens is 6. The molecule has 6 aliphatic heterocycles. The summed E-state index contributed by atoms with van der Waals surface area (Å²) in [5.74, 6) is 3.44. The Hall–Kier alpha value is -12.1. The number of alkyl halides is 5. The number of rotatable bonds is 17. The maximum absolute atomic E-state index is 12.2. The van der Waals surface area contributed by atoms with Crippen molar-refractivity contribution >= 4 is 69.6 Å². The molecule has 0 bridgehead atoms. The van der Waals surface area contributed by atoms with Gasteiger partial charge in [-0.2, -0.15) is 0 Å². The van der Waals surface area contributed by atoms with Gasteiger partial charge in [0, 0.05) is 72.3 Å². The van der Waals surface area contributed by atoms with Gasteiger partial charge in [-0.1, -0.05) is 181 Å². The lowest BCUT2D eigenvalue weighted by Crippen LogP contribution is -2.49. The Kier molecular flexibility index (Phi) is 27.8. The average molecular weight is 1860 g/mol. The number of para-hydroxylation sites is 3. The van der Waals surface area contributed by atoms with Gasteiger partial charge in [-0.05, 0) is 161 Å². The molecule has 15 atom stereocenters. The van der Waals surface area contributed by atoms with Crippen LogP contribution in [0.3, 0.4) is 0 Å². The van der Waals surface area contributed by atoms with Crippen molar-refractivity contribution in [1.29, 1.82) is 0 Å². The molecule has 6 heterocycles. The number of nitro groups is 5. The Morgan fingerprint density at radius 2 is 0.748 bits per heavy atom. The van der Waals surface area contributed by atoms with E-state index < -0.39 is 117 Å². The summed E-state index contributed by atoms with van der Waals surface area (Å²) >= 11 is 37.4. The molecule has 32 nitrogen and oxygen atoms in total. The fraction of sp³-hybridized carbons (Fsp3) is 0.258. The highest BCUT2D eigenvalue weighted by Crippen LogP contribution is 2.59. The highest BCUT2D eigenvalue weighted by molar-refractivity contribution is 6.30. The fourth-order valence-corrected chi connectivity index (χ4v) is 16.8. The maximum atomic E-state index is 12.2. The van der Waals surface area contributed by atoms with Crippen molar-refractivity contribution in [3.05, 3.63) is 382 Å². The minimum Gasteiger partial charge on any atom is -0.496 e. The lowest BCUT2D eigenvalue weighted by molar-refractivity contribution is -0.570. The predicted molar refractivity (Wildman–Crippen MR) is 460 cm³/mol. The van der Waals surface area contributed by atoms with Gasteiger partial charge >= 0.3 is 25.0 Å². The van der Waals surface area contributed by atoms with Crippen LogP contribution in [0.15, 0.2) is 243 Å². The molecule has 11 aromatic rings. The summed E-state index contributed by atoms with van der Waals surface area (Å²) in [6.45, 7) is 3.15. The standard InChI is InChI=1S/C25H22ClNO9.C17H16ClNO5.C16H13Cl2NO5.C16H14ClNO4.C15H12ClNO4/c1-32-21-8-15(7-16(11-28)22(21)33-12-14-5-3-2-4-6-14)24-25(26,27(30)31)23(29)17-9-19-20(35-13-34-19)10-18(17)36-24;1-10-9-11(7-8-13(10)23-2)16-17(18,19(21)22)15(20)12-5-3-4-6-14(12)24-16;17-11-4-2-10(3-5-11)15-16(18,19(22)23)14(21)12-7-9(8-20)1-6-13(12)24-15;1-10-5-4-6-11(9-10)15-16(17,18(20)21)14(19)12-7-2-3-8-13(12)22-15;16-15(17(19)20)13(18)11-8-4-5-9-12(11)21-14(15)10-6-2-1-3-7-10/h2-10,23-24,28-29H,11-13H2,1H3;3-9,15-16,20H,1-2H3;1-7,14-15,20-21H,8H2;2-9,14-15,19H,1H3;1-9,13-14,18H/t23-,24-,25+;15-,16-,17+;2*14-,15-,16+;13-,14-,15+/m00000/s1. The van der Waals surface area contributed by atoms with Crippen molar-refractivity contribution in [1.82, 2.24) is 0 Å². The smallest absolute Gasteiger partial charge is 0.364 e. The average Bonchev–Trinajstić information content (AvgIpc) is 1.60. The molecule has 0 amide bonds. The molecule has 7 N–H and O–H groups in total. The van der Waals surface area contributed by atoms with E-state index in [2.05, 4.69) is 0 Å². The highest BCUT2D eigenvalue weighted by Gasteiger charge is 2.67. The Labute approximate surface area is 752 Å². The molecule has 127 heavy (non-hydrogen) atoms. The zero-order chi connectivity index (χ0) is 91.4. The van der Waals surface area contributed by atoms with Crippen LogP contribution in [0.5, 0.6) is 57.5 Å². The Bertz CT molecular complexity index is 5900. The first-order valence-corrected chi connectivity index (χ1v) is 40.7. The Balaban J connectivity index is 0.000000138.